The molecule has 1 aliphatic heterocycles. The Bertz CT molecular complexity index is 810. The highest BCUT2D eigenvalue weighted by Crippen LogP contribution is 2.27. The van der Waals surface area contributed by atoms with Gasteiger partial charge in [0.25, 0.3) is 0 Å². The average Bonchev–Trinajstić information content (AvgIpc) is 2.89. The molecule has 1 heterocycles. The van der Waals surface area contributed by atoms with Gasteiger partial charge in [-0.3, -0.25) is 0 Å². The zero-order valence-electron chi connectivity index (χ0n) is 15.2. The first-order chi connectivity index (χ1) is 13.3. The van der Waals surface area contributed by atoms with Crippen LogP contribution < -0.4 is 4.90 Å². The van der Waals surface area contributed by atoms with Crippen molar-refractivity contribution in [2.45, 2.75) is 12.8 Å². The van der Waals surface area contributed by atoms with Crippen LogP contribution in [0.25, 0.3) is 0 Å². The SMILES string of the molecule is COC(=O)C1=C(C(=O)OC)N(c2ccc(COCC(F)(F)F)cc2)C=CC=C1. The van der Waals surface area contributed by atoms with Crippen LogP contribution in [-0.4, -0.2) is 38.9 Å². The number of alkyl halides is 3. The number of carbonyl (C=O) groups is 2. The Morgan fingerprint density at radius 3 is 2.21 bits per heavy atom. The smallest absolute Gasteiger partial charge is 0.411 e. The average molecular weight is 397 g/mol. The van der Waals surface area contributed by atoms with Gasteiger partial charge < -0.3 is 19.1 Å². The summed E-state index contributed by atoms with van der Waals surface area (Å²) in [6, 6.07) is 6.29. The minimum absolute atomic E-state index is 0.00284. The highest BCUT2D eigenvalue weighted by atomic mass is 19.4. The van der Waals surface area contributed by atoms with Crippen molar-refractivity contribution >= 4 is 17.6 Å². The van der Waals surface area contributed by atoms with E-state index in [0.29, 0.717) is 11.3 Å². The molecule has 1 aromatic carbocycles. The number of nitrogens with zero attached hydrogens (tertiary/aromatic N) is 1. The Labute approximate surface area is 159 Å². The molecule has 0 spiro atoms. The van der Waals surface area contributed by atoms with Crippen molar-refractivity contribution in [2.75, 3.05) is 25.7 Å². The minimum Gasteiger partial charge on any atom is -0.465 e. The Hall–Kier alpha value is -3.07. The fraction of sp³-hybridized carbons (Fsp3) is 0.263. The maximum atomic E-state index is 12.3. The standard InChI is InChI=1S/C19H18F3NO5/c1-26-17(24)15-5-3-4-10-23(16(15)18(25)27-2)14-8-6-13(7-9-14)11-28-12-19(20,21)22/h3-10H,11-12H2,1-2H3. The molecule has 2 rings (SSSR count). The van der Waals surface area contributed by atoms with E-state index >= 15 is 0 Å². The molecular formula is C19H18F3NO5. The second-order valence-corrected chi connectivity index (χ2v) is 5.59. The molecule has 1 aliphatic rings. The van der Waals surface area contributed by atoms with Gasteiger partial charge in [0.2, 0.25) is 0 Å². The lowest BCUT2D eigenvalue weighted by Crippen LogP contribution is -2.26. The molecule has 0 atom stereocenters. The van der Waals surface area contributed by atoms with Gasteiger partial charge in [-0.2, -0.15) is 13.2 Å². The zero-order valence-corrected chi connectivity index (χ0v) is 15.2. The molecule has 1 aromatic rings. The molecule has 0 unspecified atom stereocenters. The maximum absolute atomic E-state index is 12.3. The molecular weight excluding hydrogens is 379 g/mol. The number of benzene rings is 1. The third-order valence-corrected chi connectivity index (χ3v) is 3.64. The summed E-state index contributed by atoms with van der Waals surface area (Å²) in [5.74, 6) is -1.48. The first-order valence-corrected chi connectivity index (χ1v) is 8.05. The molecule has 0 bridgehead atoms. The largest absolute Gasteiger partial charge is 0.465 e. The molecule has 0 aliphatic carbocycles. The van der Waals surface area contributed by atoms with E-state index in [-0.39, 0.29) is 17.9 Å². The molecule has 28 heavy (non-hydrogen) atoms. The molecule has 0 saturated carbocycles. The summed E-state index contributed by atoms with van der Waals surface area (Å²) in [5.41, 5.74) is 0.945. The van der Waals surface area contributed by atoms with Gasteiger partial charge in [-0.15, -0.1) is 0 Å². The van der Waals surface area contributed by atoms with Crippen LogP contribution in [0.4, 0.5) is 18.9 Å². The van der Waals surface area contributed by atoms with Crippen molar-refractivity contribution in [1.82, 2.24) is 0 Å². The van der Waals surface area contributed by atoms with E-state index in [9.17, 15) is 22.8 Å². The maximum Gasteiger partial charge on any atom is 0.411 e. The summed E-state index contributed by atoms with van der Waals surface area (Å²) in [7, 11) is 2.37. The van der Waals surface area contributed by atoms with Crippen LogP contribution in [-0.2, 0) is 30.4 Å². The van der Waals surface area contributed by atoms with Crippen LogP contribution in [0.3, 0.4) is 0 Å². The van der Waals surface area contributed by atoms with E-state index in [1.165, 1.54) is 25.2 Å². The van der Waals surface area contributed by atoms with E-state index in [1.807, 2.05) is 0 Å². The van der Waals surface area contributed by atoms with Gasteiger partial charge >= 0.3 is 18.1 Å². The number of methoxy groups -OCH3 is 2. The van der Waals surface area contributed by atoms with Crippen molar-refractivity contribution in [3.05, 3.63) is 65.5 Å². The lowest BCUT2D eigenvalue weighted by atomic mass is 10.1. The number of allylic oxidation sites excluding steroid dienone is 2. The molecule has 0 amide bonds. The molecule has 0 fully saturated rings. The van der Waals surface area contributed by atoms with Crippen molar-refractivity contribution in [2.24, 2.45) is 0 Å². The number of hydrogen-bond acceptors (Lipinski definition) is 6. The Balaban J connectivity index is 2.30. The van der Waals surface area contributed by atoms with Crippen LogP contribution in [0, 0.1) is 0 Å². The first-order valence-electron chi connectivity index (χ1n) is 8.05. The molecule has 9 heteroatoms. The van der Waals surface area contributed by atoms with Gasteiger partial charge in [-0.1, -0.05) is 18.2 Å². The predicted octanol–water partition coefficient (Wildman–Crippen LogP) is 3.26. The zero-order chi connectivity index (χ0) is 20.7. The molecule has 150 valence electrons. The normalized spacial score (nSPS) is 14.1. The van der Waals surface area contributed by atoms with Crippen LogP contribution >= 0.6 is 0 Å². The molecule has 6 nitrogen and oxygen atoms in total. The van der Waals surface area contributed by atoms with E-state index in [0.717, 1.165) is 0 Å². The Kier molecular flexibility index (Phi) is 7.00. The Morgan fingerprint density at radius 1 is 1.00 bits per heavy atom. The van der Waals surface area contributed by atoms with Crippen molar-refractivity contribution in [3.63, 3.8) is 0 Å². The number of rotatable bonds is 6. The number of halogens is 3. The fourth-order valence-corrected chi connectivity index (χ4v) is 2.40. The van der Waals surface area contributed by atoms with Crippen LogP contribution in [0.1, 0.15) is 5.56 Å². The van der Waals surface area contributed by atoms with E-state index in [1.54, 1.807) is 42.6 Å². The van der Waals surface area contributed by atoms with Crippen molar-refractivity contribution in [3.8, 4) is 0 Å². The van der Waals surface area contributed by atoms with E-state index < -0.39 is 24.7 Å². The summed E-state index contributed by atoms with van der Waals surface area (Å²) in [4.78, 5) is 25.8. The van der Waals surface area contributed by atoms with Gasteiger partial charge in [0, 0.05) is 11.9 Å². The number of hydrogen-bond donors (Lipinski definition) is 0. The number of carbonyl (C=O) groups excluding carboxylic acids is 2. The predicted molar refractivity (Wildman–Crippen MR) is 94.0 cm³/mol. The number of ether oxygens (including phenoxy) is 3. The van der Waals surface area contributed by atoms with Gasteiger partial charge in [0.1, 0.15) is 12.3 Å². The Morgan fingerprint density at radius 2 is 1.64 bits per heavy atom. The fourth-order valence-electron chi connectivity index (χ4n) is 2.40. The second kappa shape index (κ2) is 9.23. The van der Waals surface area contributed by atoms with E-state index in [2.05, 4.69) is 4.74 Å². The molecule has 0 saturated heterocycles. The third kappa shape index (κ3) is 5.46. The van der Waals surface area contributed by atoms with Gasteiger partial charge in [-0.25, -0.2) is 9.59 Å². The topological polar surface area (TPSA) is 65.1 Å². The van der Waals surface area contributed by atoms with Crippen LogP contribution in [0.15, 0.2) is 60.0 Å². The van der Waals surface area contributed by atoms with Crippen molar-refractivity contribution in [1.29, 1.82) is 0 Å². The number of esters is 2. The quantitative estimate of drug-likeness (QED) is 0.687. The summed E-state index contributed by atoms with van der Waals surface area (Å²) < 4.78 is 50.6. The monoisotopic (exact) mass is 397 g/mol. The highest BCUT2D eigenvalue weighted by molar-refractivity contribution is 6.05. The molecule has 0 N–H and O–H groups in total. The summed E-state index contributed by atoms with van der Waals surface area (Å²) in [6.07, 6.45) is 1.75. The molecule has 0 radical (unpaired) electrons. The lowest BCUT2D eigenvalue weighted by molar-refractivity contribution is -0.176. The molecule has 0 aromatic heterocycles. The summed E-state index contributed by atoms with van der Waals surface area (Å²) in [5, 5.41) is 0. The van der Waals surface area contributed by atoms with Gasteiger partial charge in [0.05, 0.1) is 26.4 Å². The number of anilines is 1. The second-order valence-electron chi connectivity index (χ2n) is 5.59. The van der Waals surface area contributed by atoms with Gasteiger partial charge in [-0.05, 0) is 29.8 Å². The van der Waals surface area contributed by atoms with Crippen LogP contribution in [0.2, 0.25) is 0 Å². The minimum atomic E-state index is -4.39. The van der Waals surface area contributed by atoms with Crippen LogP contribution in [0.5, 0.6) is 0 Å². The van der Waals surface area contributed by atoms with E-state index in [4.69, 9.17) is 9.47 Å². The first kappa shape index (κ1) is 21.2. The highest BCUT2D eigenvalue weighted by Gasteiger charge is 2.28. The summed E-state index contributed by atoms with van der Waals surface area (Å²) in [6.45, 7) is -1.56. The third-order valence-electron chi connectivity index (χ3n) is 3.64. The lowest BCUT2D eigenvalue weighted by Gasteiger charge is -2.23. The summed E-state index contributed by atoms with van der Waals surface area (Å²) >= 11 is 0. The van der Waals surface area contributed by atoms with Crippen molar-refractivity contribution < 1.29 is 37.0 Å². The van der Waals surface area contributed by atoms with Gasteiger partial charge in [0.15, 0.2) is 0 Å².